The Hall–Kier alpha value is 0.920. The smallest absolute Gasteiger partial charge is 0.465 e. The van der Waals surface area contributed by atoms with Crippen LogP contribution < -0.4 is 5.73 Å². The van der Waals surface area contributed by atoms with Gasteiger partial charge in [0.15, 0.2) is 5.01 Å². The molecular weight excluding hydrogens is 432 g/mol. The Balaban J connectivity index is 0. The Morgan fingerprint density at radius 3 is 1.94 bits per heavy atom. The predicted molar refractivity (Wildman–Crippen MR) is 71.0 cm³/mol. The van der Waals surface area contributed by atoms with Crippen molar-refractivity contribution in [1.82, 2.24) is 0 Å². The highest BCUT2D eigenvalue weighted by Crippen LogP contribution is 2.53. The minimum Gasteiger partial charge on any atom is -0.465 e. The van der Waals surface area contributed by atoms with Crippen LogP contribution in [0.4, 0.5) is 4.79 Å². The number of amides is 1. The first-order chi connectivity index (χ1) is 7.48. The molecule has 0 aromatic heterocycles. The summed E-state index contributed by atoms with van der Waals surface area (Å²) in [5.41, 5.74) is 4.03. The minimum absolute atomic E-state index is 0.936. The van der Waals surface area contributed by atoms with E-state index in [0.29, 0.717) is 0 Å². The van der Waals surface area contributed by atoms with E-state index < -0.39 is 22.2 Å². The number of nitrogens with two attached hydrogens (primary N) is 1. The van der Waals surface area contributed by atoms with Crippen LogP contribution in [0.1, 0.15) is 0 Å². The molecule has 1 amide bonds. The second-order valence-electron chi connectivity index (χ2n) is 2.11. The number of carboxylic acid groups (broad SMARTS) is 1. The van der Waals surface area contributed by atoms with Gasteiger partial charge in [-0.3, -0.25) is 13.6 Å². The van der Waals surface area contributed by atoms with Crippen LogP contribution in [0, 0.1) is 0 Å². The predicted octanol–water partition coefficient (Wildman–Crippen LogP) is 3.27. The summed E-state index contributed by atoms with van der Waals surface area (Å²) < 4.78 is 23.8. The van der Waals surface area contributed by atoms with Crippen LogP contribution in [-0.2, 0) is 18.1 Å². The maximum absolute atomic E-state index is 11.4. The molecule has 0 aliphatic heterocycles. The molecule has 104 valence electrons. The van der Waals surface area contributed by atoms with Crippen molar-refractivity contribution in [2.24, 2.45) is 5.73 Å². The van der Waals surface area contributed by atoms with Gasteiger partial charge in [-0.25, -0.2) is 9.36 Å². The van der Waals surface area contributed by atoms with E-state index in [1.165, 1.54) is 14.2 Å². The molecule has 7 nitrogen and oxygen atoms in total. The molecule has 0 radical (unpaired) electrons. The number of alkyl halides is 4. The van der Waals surface area contributed by atoms with Gasteiger partial charge in [-0.2, -0.15) is 0 Å². The quantitative estimate of drug-likeness (QED) is 0.500. The first-order valence-corrected chi connectivity index (χ1v) is 7.50. The summed E-state index contributed by atoms with van der Waals surface area (Å²) in [7, 11) is -1.21. The van der Waals surface area contributed by atoms with Gasteiger partial charge in [0, 0.05) is 14.2 Å². The molecule has 0 aliphatic carbocycles. The van der Waals surface area contributed by atoms with E-state index in [0.717, 1.165) is 0 Å². The lowest BCUT2D eigenvalue weighted by Crippen LogP contribution is -2.21. The van der Waals surface area contributed by atoms with Crippen molar-refractivity contribution in [1.29, 1.82) is 0 Å². The average molecular weight is 442 g/mol. The van der Waals surface area contributed by atoms with Crippen LogP contribution in [0.25, 0.3) is 0 Å². The molecule has 1 unspecified atom stereocenters. The Labute approximate surface area is 125 Å². The highest BCUT2D eigenvalue weighted by molar-refractivity contribution is 9.13. The van der Waals surface area contributed by atoms with Gasteiger partial charge < -0.3 is 10.8 Å². The third kappa shape index (κ3) is 11.7. The lowest BCUT2D eigenvalue weighted by molar-refractivity contribution is 0.146. The molecule has 0 heterocycles. The summed E-state index contributed by atoms with van der Waals surface area (Å²) in [5.74, 6) is 0. The van der Waals surface area contributed by atoms with E-state index in [-0.39, 0.29) is 0 Å². The molecule has 0 saturated heterocycles. The highest BCUT2D eigenvalue weighted by Gasteiger charge is 2.38. The number of rotatable bonds is 5. The van der Waals surface area contributed by atoms with Crippen LogP contribution in [0.3, 0.4) is 0 Å². The van der Waals surface area contributed by atoms with Crippen molar-refractivity contribution < 1.29 is 28.0 Å². The fourth-order valence-electron chi connectivity index (χ4n) is 0.334. The molecule has 3 N–H and O–H groups in total. The van der Waals surface area contributed by atoms with Gasteiger partial charge in [-0.1, -0.05) is 39.1 Å². The van der Waals surface area contributed by atoms with Gasteiger partial charge >= 0.3 is 13.9 Å². The van der Waals surface area contributed by atoms with Crippen LogP contribution in [0.5, 0.6) is 0 Å². The Morgan fingerprint density at radius 2 is 1.76 bits per heavy atom. The van der Waals surface area contributed by atoms with E-state index in [9.17, 15) is 4.57 Å². The number of primary amides is 1. The van der Waals surface area contributed by atoms with Crippen LogP contribution >= 0.6 is 62.9 Å². The zero-order valence-electron chi connectivity index (χ0n) is 8.60. The van der Waals surface area contributed by atoms with Crippen molar-refractivity contribution in [3.8, 4) is 0 Å². The van der Waals surface area contributed by atoms with E-state index in [4.69, 9.17) is 37.6 Å². The SMILES string of the molecule is COP(=O)(OC)OC(Br)C(Cl)(Cl)Br.NC(=O)O. The van der Waals surface area contributed by atoms with Crippen molar-refractivity contribution in [2.45, 2.75) is 8.26 Å². The van der Waals surface area contributed by atoms with Crippen molar-refractivity contribution >= 4 is 69.0 Å². The molecule has 0 saturated carbocycles. The lowest BCUT2D eigenvalue weighted by Gasteiger charge is -2.22. The number of hydrogen-bond donors (Lipinski definition) is 2. The molecular formula is C5H10Br2Cl2NO6P. The van der Waals surface area contributed by atoms with Gasteiger partial charge in [0.2, 0.25) is 3.24 Å². The van der Waals surface area contributed by atoms with Crippen LogP contribution in [-0.4, -0.2) is 33.7 Å². The normalized spacial score (nSPS) is 13.5. The van der Waals surface area contributed by atoms with Gasteiger partial charge in [0.05, 0.1) is 0 Å². The minimum atomic E-state index is -3.58. The highest BCUT2D eigenvalue weighted by atomic mass is 79.9. The largest absolute Gasteiger partial charge is 0.475 e. The molecule has 12 heteroatoms. The molecule has 0 aromatic rings. The zero-order chi connectivity index (χ0) is 14.3. The summed E-state index contributed by atoms with van der Waals surface area (Å²) >= 11 is 17.0. The van der Waals surface area contributed by atoms with Crippen molar-refractivity contribution in [3.05, 3.63) is 0 Å². The van der Waals surface area contributed by atoms with Gasteiger partial charge in [0.25, 0.3) is 0 Å². The monoisotopic (exact) mass is 439 g/mol. The molecule has 17 heavy (non-hydrogen) atoms. The fourth-order valence-corrected chi connectivity index (χ4v) is 2.11. The topological polar surface area (TPSA) is 108 Å². The van der Waals surface area contributed by atoms with Crippen LogP contribution in [0.2, 0.25) is 0 Å². The number of halogens is 4. The van der Waals surface area contributed by atoms with Gasteiger partial charge in [-0.05, 0) is 15.9 Å². The first-order valence-electron chi connectivity index (χ1n) is 3.57. The third-order valence-corrected chi connectivity index (χ3v) is 5.41. The zero-order valence-corrected chi connectivity index (χ0v) is 14.2. The molecule has 0 rings (SSSR count). The Kier molecular flexibility index (Phi) is 10.6. The van der Waals surface area contributed by atoms with E-state index in [2.05, 4.69) is 46.6 Å². The Bertz CT molecular complexity index is 276. The Morgan fingerprint density at radius 1 is 1.47 bits per heavy atom. The first kappa shape index (κ1) is 20.2. The summed E-state index contributed by atoms with van der Waals surface area (Å²) in [6.45, 7) is 0. The summed E-state index contributed by atoms with van der Waals surface area (Å²) in [5, 5.41) is 6.26. The lowest BCUT2D eigenvalue weighted by atomic mass is 10.9. The number of phosphoric acid groups is 1. The standard InChI is InChI=1S/C4H7Br2Cl2O4P.CH3NO2/c1-10-13(9,11-2)12-3(5)4(6,7)8;2-1(3)4/h3H,1-2H3;2H2,(H,3,4). The second kappa shape index (κ2) is 8.92. The summed E-state index contributed by atoms with van der Waals surface area (Å²) in [6.07, 6.45) is -1.33. The van der Waals surface area contributed by atoms with E-state index >= 15 is 0 Å². The number of phosphoric ester groups is 1. The number of hydrogen-bond acceptors (Lipinski definition) is 5. The molecule has 0 aliphatic rings. The second-order valence-corrected chi connectivity index (χ2v) is 8.33. The maximum atomic E-state index is 11.4. The molecule has 0 fully saturated rings. The van der Waals surface area contributed by atoms with Crippen molar-refractivity contribution in [3.63, 3.8) is 0 Å². The molecule has 1 atom stereocenters. The van der Waals surface area contributed by atoms with Gasteiger partial charge in [-0.15, -0.1) is 0 Å². The number of carbonyl (C=O) groups is 1. The molecule has 0 bridgehead atoms. The summed E-state index contributed by atoms with van der Waals surface area (Å²) in [4.78, 5) is 8.78. The van der Waals surface area contributed by atoms with E-state index in [1.54, 1.807) is 0 Å². The van der Waals surface area contributed by atoms with E-state index in [1.807, 2.05) is 0 Å². The molecule has 0 spiro atoms. The van der Waals surface area contributed by atoms with Crippen LogP contribution in [0.15, 0.2) is 0 Å². The maximum Gasteiger partial charge on any atom is 0.475 e. The van der Waals surface area contributed by atoms with Gasteiger partial charge in [0.1, 0.15) is 0 Å². The fraction of sp³-hybridized carbons (Fsp3) is 0.800. The van der Waals surface area contributed by atoms with Crippen molar-refractivity contribution in [2.75, 3.05) is 14.2 Å². The summed E-state index contributed by atoms with van der Waals surface area (Å²) in [6, 6.07) is 0. The molecule has 0 aromatic carbocycles. The third-order valence-electron chi connectivity index (χ3n) is 0.926. The average Bonchev–Trinajstić information content (AvgIpc) is 2.15.